The quantitative estimate of drug-likeness (QED) is 0.409. The summed E-state index contributed by atoms with van der Waals surface area (Å²) in [4.78, 5) is 20.8. The molecule has 7 heteroatoms. The van der Waals surface area contributed by atoms with E-state index in [1.807, 2.05) is 43.5 Å². The smallest absolute Gasteiger partial charge is 0.262 e. The molecular weight excluding hydrogens is 406 g/mol. The largest absolute Gasteiger partial charge is 0.484 e. The number of halogens is 1. The van der Waals surface area contributed by atoms with Crippen molar-refractivity contribution in [1.82, 2.24) is 9.97 Å². The Morgan fingerprint density at radius 2 is 2.17 bits per heavy atom. The van der Waals surface area contributed by atoms with Gasteiger partial charge in [0.15, 0.2) is 0 Å². The van der Waals surface area contributed by atoms with Gasteiger partial charge in [-0.15, -0.1) is 11.3 Å². The number of aromatic amines is 1. The first kappa shape index (κ1) is 19.2. The monoisotopic (exact) mass is 423 g/mol. The lowest BCUT2D eigenvalue weighted by molar-refractivity contribution is 0.0998. The lowest BCUT2D eigenvalue weighted by atomic mass is 10.1. The molecule has 0 saturated carbocycles. The minimum atomic E-state index is -0.535. The van der Waals surface area contributed by atoms with Gasteiger partial charge in [-0.2, -0.15) is 0 Å². The predicted octanol–water partition coefficient (Wildman–Crippen LogP) is 5.83. The summed E-state index contributed by atoms with van der Waals surface area (Å²) in [5.41, 5.74) is 9.04. The van der Waals surface area contributed by atoms with Crippen molar-refractivity contribution < 1.29 is 9.53 Å². The van der Waals surface area contributed by atoms with E-state index in [1.54, 1.807) is 18.3 Å². The lowest BCUT2D eigenvalue weighted by Crippen LogP contribution is -2.12. The SMILES string of the molecule is C=Cc1cnc2[nH]cc(-c3cc(OC(C)c4ccccc4Cl)c(C(N)=O)s3)c2c1. The molecule has 0 aliphatic heterocycles. The number of carbonyl (C=O) groups excluding carboxylic acids is 1. The molecule has 0 aliphatic rings. The van der Waals surface area contributed by atoms with E-state index in [2.05, 4.69) is 16.5 Å². The van der Waals surface area contributed by atoms with Gasteiger partial charge in [0, 0.05) is 38.8 Å². The van der Waals surface area contributed by atoms with Gasteiger partial charge in [-0.3, -0.25) is 4.79 Å². The van der Waals surface area contributed by atoms with Crippen LogP contribution >= 0.6 is 22.9 Å². The Morgan fingerprint density at radius 3 is 2.90 bits per heavy atom. The van der Waals surface area contributed by atoms with E-state index in [-0.39, 0.29) is 6.10 Å². The summed E-state index contributed by atoms with van der Waals surface area (Å²) in [5, 5.41) is 1.54. The number of primary amides is 1. The number of rotatable bonds is 6. The average molecular weight is 424 g/mol. The summed E-state index contributed by atoms with van der Waals surface area (Å²) in [6, 6.07) is 11.3. The number of fused-ring (bicyclic) bond motifs is 1. The van der Waals surface area contributed by atoms with Crippen molar-refractivity contribution in [1.29, 1.82) is 0 Å². The third-order valence-corrected chi connectivity index (χ3v) is 6.13. The molecule has 3 N–H and O–H groups in total. The number of hydrogen-bond acceptors (Lipinski definition) is 4. The molecule has 1 aromatic carbocycles. The van der Waals surface area contributed by atoms with Crippen molar-refractivity contribution in [2.45, 2.75) is 13.0 Å². The fourth-order valence-electron chi connectivity index (χ4n) is 3.16. The van der Waals surface area contributed by atoms with Gasteiger partial charge in [-0.05, 0) is 30.7 Å². The number of carbonyl (C=O) groups is 1. The van der Waals surface area contributed by atoms with Crippen molar-refractivity contribution >= 4 is 46.0 Å². The Hall–Kier alpha value is -3.09. The molecule has 1 atom stereocenters. The highest BCUT2D eigenvalue weighted by Crippen LogP contribution is 2.41. The highest BCUT2D eigenvalue weighted by molar-refractivity contribution is 7.17. The Balaban J connectivity index is 1.75. The lowest BCUT2D eigenvalue weighted by Gasteiger charge is -2.16. The van der Waals surface area contributed by atoms with Crippen molar-refractivity contribution in [2.75, 3.05) is 0 Å². The zero-order valence-electron chi connectivity index (χ0n) is 15.6. The molecule has 146 valence electrons. The number of benzene rings is 1. The zero-order chi connectivity index (χ0) is 20.5. The van der Waals surface area contributed by atoms with Gasteiger partial charge in [0.1, 0.15) is 22.4 Å². The summed E-state index contributed by atoms with van der Waals surface area (Å²) in [6.45, 7) is 5.68. The first-order valence-electron chi connectivity index (χ1n) is 8.92. The molecule has 0 saturated heterocycles. The Morgan fingerprint density at radius 1 is 1.38 bits per heavy atom. The van der Waals surface area contributed by atoms with Crippen LogP contribution in [0.4, 0.5) is 0 Å². The fraction of sp³-hybridized carbons (Fsp3) is 0.0909. The van der Waals surface area contributed by atoms with Crippen molar-refractivity contribution in [3.05, 3.63) is 76.4 Å². The van der Waals surface area contributed by atoms with Gasteiger partial charge in [-0.25, -0.2) is 4.98 Å². The van der Waals surface area contributed by atoms with Crippen LogP contribution < -0.4 is 10.5 Å². The van der Waals surface area contributed by atoms with Gasteiger partial charge < -0.3 is 15.5 Å². The number of thiophene rings is 1. The standard InChI is InChI=1S/C22H18ClN3O2S/c1-3-13-8-15-16(11-26-22(15)25-10-13)19-9-18(20(29-19)21(24)27)28-12(2)14-6-4-5-7-17(14)23/h3-12H,1H2,2H3,(H2,24,27)(H,25,26). The van der Waals surface area contributed by atoms with Gasteiger partial charge in [0.2, 0.25) is 0 Å². The third-order valence-electron chi connectivity index (χ3n) is 4.62. The van der Waals surface area contributed by atoms with Gasteiger partial charge in [-0.1, -0.05) is 42.5 Å². The van der Waals surface area contributed by atoms with Gasteiger partial charge in [0.05, 0.1) is 0 Å². The molecule has 0 fully saturated rings. The molecule has 29 heavy (non-hydrogen) atoms. The minimum Gasteiger partial charge on any atom is -0.484 e. The first-order valence-corrected chi connectivity index (χ1v) is 10.1. The number of nitrogens with two attached hydrogens (primary N) is 1. The Bertz CT molecular complexity index is 1230. The van der Waals surface area contributed by atoms with Crippen LogP contribution in [0, 0.1) is 0 Å². The second-order valence-corrected chi connectivity index (χ2v) is 7.98. The van der Waals surface area contributed by atoms with Crippen LogP contribution in [-0.2, 0) is 0 Å². The van der Waals surface area contributed by atoms with Crippen LogP contribution in [0.1, 0.15) is 33.8 Å². The number of hydrogen-bond donors (Lipinski definition) is 2. The third kappa shape index (κ3) is 3.64. The molecule has 1 amide bonds. The van der Waals surface area contributed by atoms with E-state index < -0.39 is 5.91 Å². The Labute approximate surface area is 176 Å². The maximum Gasteiger partial charge on any atom is 0.262 e. The van der Waals surface area contributed by atoms with E-state index in [4.69, 9.17) is 22.1 Å². The highest BCUT2D eigenvalue weighted by Gasteiger charge is 2.21. The number of nitrogens with zero attached hydrogens (tertiary/aromatic N) is 1. The maximum absolute atomic E-state index is 12.0. The van der Waals surface area contributed by atoms with Crippen molar-refractivity contribution in [3.63, 3.8) is 0 Å². The molecule has 0 aliphatic carbocycles. The van der Waals surface area contributed by atoms with Crippen molar-refractivity contribution in [3.8, 4) is 16.2 Å². The molecule has 4 rings (SSSR count). The normalized spacial score (nSPS) is 12.1. The molecule has 5 nitrogen and oxygen atoms in total. The van der Waals surface area contributed by atoms with Crippen LogP contribution in [0.5, 0.6) is 5.75 Å². The molecule has 4 aromatic rings. The second-order valence-electron chi connectivity index (χ2n) is 6.52. The number of nitrogens with one attached hydrogen (secondary N) is 1. The molecule has 1 unspecified atom stereocenters. The summed E-state index contributed by atoms with van der Waals surface area (Å²) in [5.74, 6) is -0.0977. The number of H-pyrrole nitrogens is 1. The highest BCUT2D eigenvalue weighted by atomic mass is 35.5. The second kappa shape index (κ2) is 7.73. The van der Waals surface area contributed by atoms with E-state index >= 15 is 0 Å². The topological polar surface area (TPSA) is 81.0 Å². The molecule has 3 aromatic heterocycles. The van der Waals surface area contributed by atoms with Gasteiger partial charge in [0.25, 0.3) is 5.91 Å². The summed E-state index contributed by atoms with van der Waals surface area (Å²) in [6.07, 6.45) is 5.01. The van der Waals surface area contributed by atoms with Crippen LogP contribution in [0.25, 0.3) is 27.6 Å². The van der Waals surface area contributed by atoms with Crippen LogP contribution in [0.2, 0.25) is 5.02 Å². The molecule has 0 bridgehead atoms. The van der Waals surface area contributed by atoms with Gasteiger partial charge >= 0.3 is 0 Å². The van der Waals surface area contributed by atoms with E-state index in [0.717, 1.165) is 32.6 Å². The average Bonchev–Trinajstić information content (AvgIpc) is 3.31. The molecular formula is C22H18ClN3O2S. The van der Waals surface area contributed by atoms with Crippen LogP contribution in [0.15, 0.2) is 55.4 Å². The predicted molar refractivity (Wildman–Crippen MR) is 119 cm³/mol. The number of pyridine rings is 1. The minimum absolute atomic E-state index is 0.346. The summed E-state index contributed by atoms with van der Waals surface area (Å²) < 4.78 is 6.09. The summed E-state index contributed by atoms with van der Waals surface area (Å²) in [7, 11) is 0. The van der Waals surface area contributed by atoms with Crippen molar-refractivity contribution in [2.24, 2.45) is 5.73 Å². The molecule has 0 radical (unpaired) electrons. The number of amides is 1. The van der Waals surface area contributed by atoms with Crippen LogP contribution in [0.3, 0.4) is 0 Å². The number of aromatic nitrogens is 2. The van der Waals surface area contributed by atoms with E-state index in [9.17, 15) is 4.79 Å². The molecule has 0 spiro atoms. The fourth-order valence-corrected chi connectivity index (χ4v) is 4.42. The van der Waals surface area contributed by atoms with E-state index in [1.165, 1.54) is 11.3 Å². The number of ether oxygens (including phenoxy) is 1. The van der Waals surface area contributed by atoms with E-state index in [0.29, 0.717) is 15.6 Å². The zero-order valence-corrected chi connectivity index (χ0v) is 17.2. The first-order chi connectivity index (χ1) is 14.0. The van der Waals surface area contributed by atoms with Crippen LogP contribution in [-0.4, -0.2) is 15.9 Å². The molecule has 3 heterocycles. The maximum atomic E-state index is 12.0. The Kier molecular flexibility index (Phi) is 5.13. The summed E-state index contributed by atoms with van der Waals surface area (Å²) >= 11 is 7.57.